The molecule has 1 rings (SSSR count). The van der Waals surface area contributed by atoms with Crippen LogP contribution < -0.4 is 4.72 Å². The second-order valence-electron chi connectivity index (χ2n) is 4.92. The van der Waals surface area contributed by atoms with Crippen molar-refractivity contribution >= 4 is 16.0 Å². The largest absolute Gasteiger partial charge is 0.480 e. The maximum absolute atomic E-state index is 12.2. The number of aliphatic carboxylic acids is 1. The lowest BCUT2D eigenvalue weighted by molar-refractivity contribution is -0.143. The summed E-state index contributed by atoms with van der Waals surface area (Å²) >= 11 is 0. The first-order valence-corrected chi connectivity index (χ1v) is 7.95. The van der Waals surface area contributed by atoms with E-state index in [1.54, 1.807) is 18.4 Å². The third-order valence-corrected chi connectivity index (χ3v) is 4.70. The second-order valence-corrected chi connectivity index (χ2v) is 6.55. The molecule has 1 heterocycles. The predicted octanol–water partition coefficient (Wildman–Crippen LogP) is 1.13. The lowest BCUT2D eigenvalue weighted by Gasteiger charge is -2.23. The number of carbonyl (C=O) groups is 1. The summed E-state index contributed by atoms with van der Waals surface area (Å²) in [5.74, 6) is -0.631. The van der Waals surface area contributed by atoms with E-state index in [1.807, 2.05) is 6.92 Å². The highest BCUT2D eigenvalue weighted by atomic mass is 32.2. The zero-order valence-corrected chi connectivity index (χ0v) is 13.0. The fraction of sp³-hybridized carbons (Fsp3) is 0.667. The SMILES string of the molecule is CCCn1cc(S(=O)(=O)NC(C)(CC)C(=O)O)nc1C. The van der Waals surface area contributed by atoms with E-state index in [2.05, 4.69) is 9.71 Å². The number of rotatable bonds is 7. The smallest absolute Gasteiger partial charge is 0.324 e. The summed E-state index contributed by atoms with van der Waals surface area (Å²) in [5, 5.41) is 8.99. The number of aromatic nitrogens is 2. The Bertz CT molecular complexity index is 594. The molecule has 0 saturated heterocycles. The number of hydrogen-bond donors (Lipinski definition) is 2. The maximum Gasteiger partial charge on any atom is 0.324 e. The van der Waals surface area contributed by atoms with Crippen molar-refractivity contribution in [1.82, 2.24) is 14.3 Å². The van der Waals surface area contributed by atoms with E-state index in [0.29, 0.717) is 12.4 Å². The molecule has 7 nitrogen and oxygen atoms in total. The summed E-state index contributed by atoms with van der Waals surface area (Å²) in [7, 11) is -3.96. The van der Waals surface area contributed by atoms with E-state index in [-0.39, 0.29) is 11.4 Å². The Kier molecular flexibility index (Phi) is 4.93. The highest BCUT2D eigenvalue weighted by Crippen LogP contribution is 2.16. The normalized spacial score (nSPS) is 15.0. The van der Waals surface area contributed by atoms with Crippen LogP contribution in [0.15, 0.2) is 11.2 Å². The number of carboxylic acid groups (broad SMARTS) is 1. The van der Waals surface area contributed by atoms with E-state index in [9.17, 15) is 13.2 Å². The van der Waals surface area contributed by atoms with Crippen molar-refractivity contribution in [3.8, 4) is 0 Å². The molecular weight excluding hydrogens is 282 g/mol. The van der Waals surface area contributed by atoms with E-state index < -0.39 is 21.5 Å². The Labute approximate surface area is 119 Å². The van der Waals surface area contributed by atoms with Crippen LogP contribution in [-0.2, 0) is 21.4 Å². The van der Waals surface area contributed by atoms with E-state index in [4.69, 9.17) is 5.11 Å². The number of aryl methyl sites for hydroxylation is 2. The van der Waals surface area contributed by atoms with E-state index in [1.165, 1.54) is 13.1 Å². The number of sulfonamides is 1. The van der Waals surface area contributed by atoms with Crippen LogP contribution in [0.1, 0.15) is 39.4 Å². The first-order chi connectivity index (χ1) is 9.16. The van der Waals surface area contributed by atoms with Crippen LogP contribution in [0.2, 0.25) is 0 Å². The van der Waals surface area contributed by atoms with Gasteiger partial charge in [-0.3, -0.25) is 4.79 Å². The number of hydrogen-bond acceptors (Lipinski definition) is 4. The Morgan fingerprint density at radius 2 is 2.10 bits per heavy atom. The third kappa shape index (κ3) is 3.37. The van der Waals surface area contributed by atoms with Crippen LogP contribution >= 0.6 is 0 Å². The molecule has 0 saturated carbocycles. The monoisotopic (exact) mass is 303 g/mol. The molecule has 0 aliphatic rings. The van der Waals surface area contributed by atoms with Gasteiger partial charge in [-0.25, -0.2) is 13.4 Å². The van der Waals surface area contributed by atoms with Crippen LogP contribution in [0, 0.1) is 6.92 Å². The molecule has 2 N–H and O–H groups in total. The van der Waals surface area contributed by atoms with Gasteiger partial charge in [0.15, 0.2) is 5.03 Å². The van der Waals surface area contributed by atoms with Crippen molar-refractivity contribution in [1.29, 1.82) is 0 Å². The molecule has 0 amide bonds. The van der Waals surface area contributed by atoms with Crippen LogP contribution in [-0.4, -0.2) is 34.6 Å². The van der Waals surface area contributed by atoms with Gasteiger partial charge in [0.05, 0.1) is 0 Å². The summed E-state index contributed by atoms with van der Waals surface area (Å²) in [6, 6.07) is 0. The Morgan fingerprint density at radius 3 is 2.55 bits per heavy atom. The molecule has 0 bridgehead atoms. The molecule has 0 aliphatic heterocycles. The van der Waals surface area contributed by atoms with Gasteiger partial charge in [0, 0.05) is 12.7 Å². The minimum atomic E-state index is -3.96. The van der Waals surface area contributed by atoms with Crippen LogP contribution in [0.25, 0.3) is 0 Å². The second kappa shape index (κ2) is 5.92. The van der Waals surface area contributed by atoms with Crippen LogP contribution in [0.4, 0.5) is 0 Å². The first kappa shape index (κ1) is 16.6. The fourth-order valence-corrected chi connectivity index (χ4v) is 3.14. The van der Waals surface area contributed by atoms with Gasteiger partial charge in [0.1, 0.15) is 11.4 Å². The lowest BCUT2D eigenvalue weighted by atomic mass is 10.0. The van der Waals surface area contributed by atoms with Gasteiger partial charge in [-0.05, 0) is 26.7 Å². The van der Waals surface area contributed by atoms with Gasteiger partial charge in [-0.15, -0.1) is 0 Å². The number of nitrogens with zero attached hydrogens (tertiary/aromatic N) is 2. The quantitative estimate of drug-likeness (QED) is 0.786. The predicted molar refractivity (Wildman–Crippen MR) is 73.9 cm³/mol. The van der Waals surface area contributed by atoms with E-state index in [0.717, 1.165) is 6.42 Å². The summed E-state index contributed by atoms with van der Waals surface area (Å²) in [6.45, 7) is 7.30. The van der Waals surface area contributed by atoms with Crippen LogP contribution in [0.3, 0.4) is 0 Å². The number of carboxylic acids is 1. The Morgan fingerprint density at radius 1 is 1.50 bits per heavy atom. The molecule has 8 heteroatoms. The average Bonchev–Trinajstić information content (AvgIpc) is 2.71. The van der Waals surface area contributed by atoms with Crippen molar-refractivity contribution in [3.63, 3.8) is 0 Å². The molecule has 1 unspecified atom stereocenters. The maximum atomic E-state index is 12.2. The summed E-state index contributed by atoms with van der Waals surface area (Å²) in [5.41, 5.74) is -1.54. The standard InChI is InChI=1S/C12H21N3O4S/c1-5-7-15-8-10(13-9(15)3)20(18,19)14-12(4,6-2)11(16)17/h8,14H,5-7H2,1-4H3,(H,16,17). The highest BCUT2D eigenvalue weighted by Gasteiger charge is 2.37. The summed E-state index contributed by atoms with van der Waals surface area (Å²) < 4.78 is 28.4. The summed E-state index contributed by atoms with van der Waals surface area (Å²) in [4.78, 5) is 15.2. The zero-order chi connectivity index (χ0) is 15.6. The van der Waals surface area contributed by atoms with Crippen molar-refractivity contribution < 1.29 is 18.3 Å². The van der Waals surface area contributed by atoms with Crippen molar-refractivity contribution in [2.24, 2.45) is 0 Å². The summed E-state index contributed by atoms with van der Waals surface area (Å²) in [6.07, 6.45) is 2.42. The highest BCUT2D eigenvalue weighted by molar-refractivity contribution is 7.89. The van der Waals surface area contributed by atoms with Gasteiger partial charge in [-0.2, -0.15) is 4.72 Å². The Hall–Kier alpha value is -1.41. The number of imidazole rings is 1. The number of nitrogens with one attached hydrogen (secondary N) is 1. The van der Waals surface area contributed by atoms with Crippen LogP contribution in [0.5, 0.6) is 0 Å². The topological polar surface area (TPSA) is 101 Å². The molecule has 0 radical (unpaired) electrons. The van der Waals surface area contributed by atoms with Gasteiger partial charge in [0.25, 0.3) is 10.0 Å². The van der Waals surface area contributed by atoms with Gasteiger partial charge in [0.2, 0.25) is 0 Å². The van der Waals surface area contributed by atoms with Crippen molar-refractivity contribution in [3.05, 3.63) is 12.0 Å². The van der Waals surface area contributed by atoms with Gasteiger partial charge in [-0.1, -0.05) is 13.8 Å². The van der Waals surface area contributed by atoms with Gasteiger partial charge >= 0.3 is 5.97 Å². The fourth-order valence-electron chi connectivity index (χ4n) is 1.69. The van der Waals surface area contributed by atoms with Gasteiger partial charge < -0.3 is 9.67 Å². The lowest BCUT2D eigenvalue weighted by Crippen LogP contribution is -2.51. The Balaban J connectivity index is 3.11. The molecule has 1 aromatic rings. The molecule has 114 valence electrons. The van der Waals surface area contributed by atoms with Crippen molar-refractivity contribution in [2.45, 2.75) is 57.6 Å². The molecule has 1 atom stereocenters. The molecule has 0 fully saturated rings. The molecule has 1 aromatic heterocycles. The molecule has 20 heavy (non-hydrogen) atoms. The van der Waals surface area contributed by atoms with Crippen molar-refractivity contribution in [2.75, 3.05) is 0 Å². The first-order valence-electron chi connectivity index (χ1n) is 6.47. The molecular formula is C12H21N3O4S. The van der Waals surface area contributed by atoms with E-state index >= 15 is 0 Å². The molecule has 0 aliphatic carbocycles. The average molecular weight is 303 g/mol. The zero-order valence-electron chi connectivity index (χ0n) is 12.2. The molecule has 0 spiro atoms. The molecule has 0 aromatic carbocycles. The minimum Gasteiger partial charge on any atom is -0.480 e. The third-order valence-electron chi connectivity index (χ3n) is 3.23. The minimum absolute atomic E-state index is 0.135.